The van der Waals surface area contributed by atoms with E-state index in [-0.39, 0.29) is 18.2 Å². The molecule has 0 heterocycles. The third-order valence-electron chi connectivity index (χ3n) is 2.86. The van der Waals surface area contributed by atoms with E-state index in [0.29, 0.717) is 6.54 Å². The number of hydrogen-bond acceptors (Lipinski definition) is 3. The molecule has 0 aliphatic heterocycles. The third-order valence-corrected chi connectivity index (χ3v) is 3.58. The molecule has 0 spiro atoms. The zero-order valence-corrected chi connectivity index (χ0v) is 15.0. The molecule has 2 N–H and O–H groups in total. The van der Waals surface area contributed by atoms with Gasteiger partial charge >= 0.3 is 6.09 Å². The molecule has 0 fully saturated rings. The predicted octanol–water partition coefficient (Wildman–Crippen LogP) is 4.01. The summed E-state index contributed by atoms with van der Waals surface area (Å²) in [5, 5.41) is 6.23. The number of alkyl carbamates (subject to hydrolysis) is 1. The summed E-state index contributed by atoms with van der Waals surface area (Å²) in [6, 6.07) is 8.44. The Kier molecular flexibility index (Phi) is 6.68. The number of rotatable bonds is 5. The molecule has 1 amide bonds. The normalized spacial score (nSPS) is 14.4. The first-order chi connectivity index (χ1) is 9.69. The highest BCUT2D eigenvalue weighted by molar-refractivity contribution is 9.10. The largest absolute Gasteiger partial charge is 0.444 e. The average molecular weight is 357 g/mol. The monoisotopic (exact) mass is 356 g/mol. The second-order valence-corrected chi connectivity index (χ2v) is 7.05. The fourth-order valence-corrected chi connectivity index (χ4v) is 2.58. The van der Waals surface area contributed by atoms with E-state index in [1.807, 2.05) is 45.9 Å². The van der Waals surface area contributed by atoms with Crippen LogP contribution in [0.4, 0.5) is 4.79 Å². The van der Waals surface area contributed by atoms with Crippen molar-refractivity contribution >= 4 is 22.0 Å². The summed E-state index contributed by atoms with van der Waals surface area (Å²) in [6.07, 6.45) is -0.385. The van der Waals surface area contributed by atoms with Gasteiger partial charge in [0.1, 0.15) is 5.60 Å². The van der Waals surface area contributed by atoms with Gasteiger partial charge in [-0.25, -0.2) is 4.79 Å². The highest BCUT2D eigenvalue weighted by atomic mass is 79.9. The fraction of sp³-hybridized carbons (Fsp3) is 0.562. The smallest absolute Gasteiger partial charge is 0.407 e. The van der Waals surface area contributed by atoms with Gasteiger partial charge in [-0.1, -0.05) is 34.1 Å². The molecule has 0 aromatic heterocycles. The average Bonchev–Trinajstić information content (AvgIpc) is 2.34. The van der Waals surface area contributed by atoms with Gasteiger partial charge in [0, 0.05) is 23.1 Å². The molecule has 5 heteroatoms. The zero-order valence-electron chi connectivity index (χ0n) is 13.4. The van der Waals surface area contributed by atoms with Crippen LogP contribution < -0.4 is 10.6 Å². The summed E-state index contributed by atoms with van der Waals surface area (Å²) in [7, 11) is 0. The molecule has 1 rings (SSSR count). The van der Waals surface area contributed by atoms with Crippen LogP contribution in [0.3, 0.4) is 0 Å². The minimum absolute atomic E-state index is 0.139. The molecule has 0 saturated carbocycles. The predicted molar refractivity (Wildman–Crippen MR) is 89.4 cm³/mol. The number of benzene rings is 1. The zero-order chi connectivity index (χ0) is 16.0. The fourth-order valence-electron chi connectivity index (χ4n) is 1.95. The minimum Gasteiger partial charge on any atom is -0.444 e. The van der Waals surface area contributed by atoms with Crippen LogP contribution in [0.15, 0.2) is 28.7 Å². The van der Waals surface area contributed by atoms with Crippen LogP contribution in [0.1, 0.15) is 46.2 Å². The van der Waals surface area contributed by atoms with Crippen molar-refractivity contribution in [1.82, 2.24) is 10.6 Å². The molecule has 0 aliphatic carbocycles. The van der Waals surface area contributed by atoms with Gasteiger partial charge in [0.15, 0.2) is 0 Å². The molecule has 0 aliphatic rings. The van der Waals surface area contributed by atoms with Crippen LogP contribution in [0.2, 0.25) is 0 Å². The number of carbonyl (C=O) groups excluding carboxylic acids is 1. The Hall–Kier alpha value is -1.07. The van der Waals surface area contributed by atoms with Gasteiger partial charge in [0.25, 0.3) is 0 Å². The van der Waals surface area contributed by atoms with Gasteiger partial charge in [0.05, 0.1) is 0 Å². The van der Waals surface area contributed by atoms with Crippen LogP contribution in [0.25, 0.3) is 0 Å². The summed E-state index contributed by atoms with van der Waals surface area (Å²) in [5.74, 6) is 0. The number of nitrogens with one attached hydrogen (secondary N) is 2. The van der Waals surface area contributed by atoms with Crippen molar-refractivity contribution in [3.63, 3.8) is 0 Å². The Balaban J connectivity index is 2.42. The minimum atomic E-state index is -0.469. The number of halogens is 1. The van der Waals surface area contributed by atoms with E-state index in [1.165, 1.54) is 5.56 Å². The number of amides is 1. The van der Waals surface area contributed by atoms with E-state index < -0.39 is 5.60 Å². The Morgan fingerprint density at radius 3 is 2.48 bits per heavy atom. The molecular formula is C16H25BrN2O2. The van der Waals surface area contributed by atoms with Crippen LogP contribution >= 0.6 is 15.9 Å². The lowest BCUT2D eigenvalue weighted by Crippen LogP contribution is -2.42. The second-order valence-electron chi connectivity index (χ2n) is 6.19. The molecule has 4 nitrogen and oxygen atoms in total. The molecule has 0 radical (unpaired) electrons. The Morgan fingerprint density at radius 1 is 1.29 bits per heavy atom. The molecule has 1 unspecified atom stereocenters. The summed E-state index contributed by atoms with van der Waals surface area (Å²) < 4.78 is 6.29. The van der Waals surface area contributed by atoms with Crippen molar-refractivity contribution in [2.75, 3.05) is 6.54 Å². The van der Waals surface area contributed by atoms with Crippen molar-refractivity contribution in [3.8, 4) is 0 Å². The molecule has 0 bridgehead atoms. The van der Waals surface area contributed by atoms with E-state index in [0.717, 1.165) is 4.47 Å². The molecule has 2 atom stereocenters. The Morgan fingerprint density at radius 2 is 1.90 bits per heavy atom. The molecular weight excluding hydrogens is 332 g/mol. The molecule has 21 heavy (non-hydrogen) atoms. The van der Waals surface area contributed by atoms with Crippen molar-refractivity contribution in [1.29, 1.82) is 0 Å². The molecule has 1 aromatic carbocycles. The maximum absolute atomic E-state index is 11.6. The standard InChI is InChI=1S/C16H25BrN2O2/c1-11(10-18-15(20)21-16(3,4)5)19-12(2)13-8-6-7-9-14(13)17/h6-9,11-12,19H,10H2,1-5H3,(H,18,20)/t11?,12-/m0/s1. The highest BCUT2D eigenvalue weighted by Gasteiger charge is 2.17. The molecule has 118 valence electrons. The van der Waals surface area contributed by atoms with Crippen molar-refractivity contribution < 1.29 is 9.53 Å². The first-order valence-electron chi connectivity index (χ1n) is 7.16. The van der Waals surface area contributed by atoms with Gasteiger partial charge in [0.2, 0.25) is 0 Å². The first kappa shape index (κ1) is 18.0. The summed E-state index contributed by atoms with van der Waals surface area (Å²) in [5.41, 5.74) is 0.727. The molecule has 0 saturated heterocycles. The Labute approximate surface area is 135 Å². The van der Waals surface area contributed by atoms with Gasteiger partial charge in [-0.2, -0.15) is 0 Å². The van der Waals surface area contributed by atoms with E-state index in [4.69, 9.17) is 4.74 Å². The number of ether oxygens (including phenoxy) is 1. The van der Waals surface area contributed by atoms with Crippen molar-refractivity contribution in [2.24, 2.45) is 0 Å². The lowest BCUT2D eigenvalue weighted by molar-refractivity contribution is 0.0522. The van der Waals surface area contributed by atoms with E-state index in [1.54, 1.807) is 0 Å². The quantitative estimate of drug-likeness (QED) is 0.837. The van der Waals surface area contributed by atoms with E-state index in [2.05, 4.69) is 39.6 Å². The number of carbonyl (C=O) groups is 1. The van der Waals surface area contributed by atoms with Gasteiger partial charge in [-0.05, 0) is 46.2 Å². The Bertz CT molecular complexity index is 472. The SMILES string of the molecule is CC(CNC(=O)OC(C)(C)C)N[C@@H](C)c1ccccc1Br. The topological polar surface area (TPSA) is 50.4 Å². The van der Waals surface area contributed by atoms with Crippen molar-refractivity contribution in [2.45, 2.75) is 52.3 Å². The van der Waals surface area contributed by atoms with Crippen LogP contribution in [-0.2, 0) is 4.74 Å². The summed E-state index contributed by atoms with van der Waals surface area (Å²) in [4.78, 5) is 11.6. The van der Waals surface area contributed by atoms with Gasteiger partial charge in [-0.3, -0.25) is 0 Å². The van der Waals surface area contributed by atoms with Crippen LogP contribution in [0, 0.1) is 0 Å². The van der Waals surface area contributed by atoms with Crippen molar-refractivity contribution in [3.05, 3.63) is 34.3 Å². The lowest BCUT2D eigenvalue weighted by atomic mass is 10.1. The first-order valence-corrected chi connectivity index (χ1v) is 7.95. The third kappa shape index (κ3) is 6.96. The summed E-state index contributed by atoms with van der Waals surface area (Å²) in [6.45, 7) is 10.2. The maximum atomic E-state index is 11.6. The lowest BCUT2D eigenvalue weighted by Gasteiger charge is -2.23. The highest BCUT2D eigenvalue weighted by Crippen LogP contribution is 2.22. The van der Waals surface area contributed by atoms with E-state index >= 15 is 0 Å². The van der Waals surface area contributed by atoms with E-state index in [9.17, 15) is 4.79 Å². The maximum Gasteiger partial charge on any atom is 0.407 e. The van der Waals surface area contributed by atoms with Crippen LogP contribution in [-0.4, -0.2) is 24.3 Å². The molecule has 1 aromatic rings. The van der Waals surface area contributed by atoms with Gasteiger partial charge < -0.3 is 15.4 Å². The van der Waals surface area contributed by atoms with Gasteiger partial charge in [-0.15, -0.1) is 0 Å². The van der Waals surface area contributed by atoms with Crippen LogP contribution in [0.5, 0.6) is 0 Å². The number of hydrogen-bond donors (Lipinski definition) is 2. The second kappa shape index (κ2) is 7.80. The summed E-state index contributed by atoms with van der Waals surface area (Å²) >= 11 is 3.55.